The first-order valence-electron chi connectivity index (χ1n) is 21.2. The Labute approximate surface area is 324 Å². The summed E-state index contributed by atoms with van der Waals surface area (Å²) in [6, 6.07) is 0. The minimum Gasteiger partial charge on any atom is -0.477 e. The molecule has 0 radical (unpaired) electrons. The third-order valence-electron chi connectivity index (χ3n) is 8.87. The number of unbranched alkanes of at least 4 members (excludes halogenated alkanes) is 17. The third kappa shape index (κ3) is 37.6. The Hall–Kier alpha value is -2.49. The maximum atomic E-state index is 12.7. The molecule has 0 spiro atoms. The number of carbonyl (C=O) groups is 3. The van der Waals surface area contributed by atoms with Gasteiger partial charge in [0.05, 0.1) is 34.4 Å². The number of allylic oxidation sites excluding steroid dienone is 6. The van der Waals surface area contributed by atoms with Gasteiger partial charge in [0, 0.05) is 12.8 Å². The molecule has 0 aliphatic carbocycles. The highest BCUT2D eigenvalue weighted by atomic mass is 16.7. The van der Waals surface area contributed by atoms with Gasteiger partial charge in [-0.25, -0.2) is 4.79 Å². The topological polar surface area (TPSA) is 108 Å². The van der Waals surface area contributed by atoms with Gasteiger partial charge in [-0.3, -0.25) is 9.59 Å². The monoisotopic (exact) mass is 751 g/mol. The van der Waals surface area contributed by atoms with Gasteiger partial charge in [0.25, 0.3) is 6.29 Å². The number of nitrogens with zero attached hydrogens (tertiary/aromatic N) is 1. The lowest BCUT2D eigenvalue weighted by Crippen LogP contribution is -2.40. The van der Waals surface area contributed by atoms with Gasteiger partial charge in [0.1, 0.15) is 13.2 Å². The van der Waals surface area contributed by atoms with E-state index in [9.17, 15) is 19.5 Å². The maximum Gasteiger partial charge on any atom is 0.361 e. The van der Waals surface area contributed by atoms with E-state index in [0.717, 1.165) is 77.0 Å². The summed E-state index contributed by atoms with van der Waals surface area (Å²) in [5.74, 6) is -2.03. The van der Waals surface area contributed by atoms with Crippen LogP contribution in [0.15, 0.2) is 36.5 Å². The highest BCUT2D eigenvalue weighted by molar-refractivity contribution is 5.71. The lowest BCUT2D eigenvalue weighted by molar-refractivity contribution is -0.870. The number of quaternary nitrogens is 1. The summed E-state index contributed by atoms with van der Waals surface area (Å²) >= 11 is 0. The first kappa shape index (κ1) is 50.5. The van der Waals surface area contributed by atoms with Crippen LogP contribution in [0.1, 0.15) is 168 Å². The average Bonchev–Trinajstić information content (AvgIpc) is 3.11. The molecule has 0 amide bonds. The van der Waals surface area contributed by atoms with Gasteiger partial charge in [0.2, 0.25) is 0 Å². The molecule has 53 heavy (non-hydrogen) atoms. The Morgan fingerprint density at radius 3 is 1.57 bits per heavy atom. The highest BCUT2D eigenvalue weighted by Gasteiger charge is 2.25. The molecule has 2 atom stereocenters. The number of carboxylic acids is 1. The maximum absolute atomic E-state index is 12.7. The minimum absolute atomic E-state index is 0.184. The summed E-state index contributed by atoms with van der Waals surface area (Å²) in [6.45, 7) is 4.77. The minimum atomic E-state index is -1.51. The Morgan fingerprint density at radius 1 is 0.566 bits per heavy atom. The van der Waals surface area contributed by atoms with E-state index in [-0.39, 0.29) is 38.6 Å². The zero-order valence-electron chi connectivity index (χ0n) is 34.7. The molecule has 0 rings (SSSR count). The Balaban J connectivity index is 4.49. The van der Waals surface area contributed by atoms with Crippen molar-refractivity contribution in [2.24, 2.45) is 0 Å². The van der Waals surface area contributed by atoms with Crippen LogP contribution in [0, 0.1) is 0 Å². The Morgan fingerprint density at radius 2 is 1.04 bits per heavy atom. The number of hydrogen-bond donors (Lipinski definition) is 1. The fraction of sp³-hybridized carbons (Fsp3) is 0.795. The average molecular weight is 751 g/mol. The smallest absolute Gasteiger partial charge is 0.361 e. The van der Waals surface area contributed by atoms with E-state index < -0.39 is 24.3 Å². The number of aliphatic carboxylic acids is 1. The van der Waals surface area contributed by atoms with Crippen molar-refractivity contribution in [3.63, 3.8) is 0 Å². The van der Waals surface area contributed by atoms with Crippen LogP contribution in [0.2, 0.25) is 0 Å². The molecule has 0 aromatic rings. The van der Waals surface area contributed by atoms with E-state index in [1.54, 1.807) is 0 Å². The van der Waals surface area contributed by atoms with Gasteiger partial charge < -0.3 is 28.5 Å². The van der Waals surface area contributed by atoms with Crippen LogP contribution >= 0.6 is 0 Å². The second-order valence-corrected chi connectivity index (χ2v) is 15.3. The van der Waals surface area contributed by atoms with Crippen molar-refractivity contribution in [3.05, 3.63) is 36.5 Å². The van der Waals surface area contributed by atoms with Crippen LogP contribution in [0.4, 0.5) is 0 Å². The molecular weight excluding hydrogens is 670 g/mol. The van der Waals surface area contributed by atoms with Crippen molar-refractivity contribution in [2.75, 3.05) is 47.5 Å². The zero-order chi connectivity index (χ0) is 39.3. The molecular formula is C44H80NO8+. The zero-order valence-corrected chi connectivity index (χ0v) is 34.7. The van der Waals surface area contributed by atoms with Crippen LogP contribution in [0.3, 0.4) is 0 Å². The van der Waals surface area contributed by atoms with Crippen molar-refractivity contribution < 1.29 is 42.9 Å². The molecule has 308 valence electrons. The van der Waals surface area contributed by atoms with Gasteiger partial charge in [-0.05, 0) is 64.2 Å². The number of likely N-dealkylation sites (N-methyl/N-ethyl adjacent to an activating group) is 1. The van der Waals surface area contributed by atoms with Gasteiger partial charge in [0.15, 0.2) is 6.10 Å². The molecule has 2 unspecified atom stereocenters. The van der Waals surface area contributed by atoms with Gasteiger partial charge in [-0.1, -0.05) is 127 Å². The second kappa shape index (κ2) is 36.5. The molecule has 0 aromatic heterocycles. The molecule has 0 fully saturated rings. The van der Waals surface area contributed by atoms with E-state index in [4.69, 9.17) is 18.9 Å². The van der Waals surface area contributed by atoms with Crippen molar-refractivity contribution in [2.45, 2.75) is 180 Å². The van der Waals surface area contributed by atoms with Crippen molar-refractivity contribution >= 4 is 17.9 Å². The lowest BCUT2D eigenvalue weighted by Gasteiger charge is -2.25. The summed E-state index contributed by atoms with van der Waals surface area (Å²) < 4.78 is 22.6. The lowest BCUT2D eigenvalue weighted by atomic mass is 10.1. The summed E-state index contributed by atoms with van der Waals surface area (Å²) in [7, 11) is 5.94. The Kier molecular flexibility index (Phi) is 34.8. The predicted octanol–water partition coefficient (Wildman–Crippen LogP) is 10.7. The summed E-state index contributed by atoms with van der Waals surface area (Å²) in [6.07, 6.45) is 36.3. The molecule has 0 aromatic carbocycles. The van der Waals surface area contributed by atoms with Crippen LogP contribution in [-0.2, 0) is 33.3 Å². The van der Waals surface area contributed by atoms with Crippen LogP contribution in [0.5, 0.6) is 0 Å². The van der Waals surface area contributed by atoms with Gasteiger partial charge in [-0.15, -0.1) is 0 Å². The van der Waals surface area contributed by atoms with E-state index in [1.165, 1.54) is 57.8 Å². The van der Waals surface area contributed by atoms with Crippen molar-refractivity contribution in [1.82, 2.24) is 0 Å². The van der Waals surface area contributed by atoms with Crippen LogP contribution in [0.25, 0.3) is 0 Å². The standard InChI is InChI=1S/C44H79NO8/c1-6-8-10-12-14-16-18-19-20-21-22-23-25-27-29-31-33-35-42(47)53-40(39-52-44(43(48)49)50-37-36-45(3,4)5)38-51-41(46)34-32-30-28-26-24-17-15-13-11-9-7-2/h13-16,19-20,40,44H,6-12,17-18,21-39H2,1-5H3/p+1/b15-13-,16-14-,20-19-. The Bertz CT molecular complexity index is 971. The summed E-state index contributed by atoms with van der Waals surface area (Å²) in [4.78, 5) is 37.0. The number of ether oxygens (including phenoxy) is 4. The first-order valence-corrected chi connectivity index (χ1v) is 21.2. The van der Waals surface area contributed by atoms with E-state index in [2.05, 4.69) is 50.3 Å². The molecule has 0 aliphatic heterocycles. The molecule has 0 saturated carbocycles. The normalized spacial score (nSPS) is 13.3. The second-order valence-electron chi connectivity index (χ2n) is 15.3. The van der Waals surface area contributed by atoms with Crippen LogP contribution in [-0.4, -0.2) is 87.4 Å². The van der Waals surface area contributed by atoms with Gasteiger partial charge in [-0.2, -0.15) is 0 Å². The molecule has 0 aliphatic rings. The molecule has 0 bridgehead atoms. The number of esters is 2. The van der Waals surface area contributed by atoms with E-state index in [0.29, 0.717) is 17.4 Å². The number of carbonyl (C=O) groups excluding carboxylic acids is 2. The summed E-state index contributed by atoms with van der Waals surface area (Å²) in [5.41, 5.74) is 0. The van der Waals surface area contributed by atoms with E-state index in [1.807, 2.05) is 21.1 Å². The molecule has 9 nitrogen and oxygen atoms in total. The largest absolute Gasteiger partial charge is 0.477 e. The highest BCUT2D eigenvalue weighted by Crippen LogP contribution is 2.13. The van der Waals surface area contributed by atoms with E-state index >= 15 is 0 Å². The molecule has 1 N–H and O–H groups in total. The third-order valence-corrected chi connectivity index (χ3v) is 8.87. The molecule has 0 saturated heterocycles. The fourth-order valence-corrected chi connectivity index (χ4v) is 5.49. The first-order chi connectivity index (χ1) is 25.6. The van der Waals surface area contributed by atoms with Crippen molar-refractivity contribution in [1.29, 1.82) is 0 Å². The van der Waals surface area contributed by atoms with Crippen molar-refractivity contribution in [3.8, 4) is 0 Å². The molecule has 0 heterocycles. The molecule has 9 heteroatoms. The van der Waals surface area contributed by atoms with Gasteiger partial charge >= 0.3 is 17.9 Å². The quantitative estimate of drug-likeness (QED) is 0.0218. The van der Waals surface area contributed by atoms with Crippen LogP contribution < -0.4 is 0 Å². The summed E-state index contributed by atoms with van der Waals surface area (Å²) in [5, 5.41) is 9.61. The SMILES string of the molecule is CCCC/C=C\CCCCCCCC(=O)OCC(COC(OCC[N+](C)(C)C)C(=O)O)OC(=O)CCCCCCCCC/C=C\C/C=C\CCCCC. The number of hydrogen-bond acceptors (Lipinski definition) is 7. The fourth-order valence-electron chi connectivity index (χ4n) is 5.49. The number of carboxylic acid groups (broad SMARTS) is 1. The number of rotatable bonds is 38. The predicted molar refractivity (Wildman–Crippen MR) is 217 cm³/mol.